The fraction of sp³-hybridized carbons (Fsp3) is 0. The van der Waals surface area contributed by atoms with Crippen LogP contribution in [0.15, 0.2) is 84.1 Å². The molecule has 4 rings (SSSR count). The molecule has 0 aliphatic rings. The van der Waals surface area contributed by atoms with E-state index in [1.807, 2.05) is 0 Å². The number of pyridine rings is 1. The van der Waals surface area contributed by atoms with Crippen molar-refractivity contribution >= 4 is 20.9 Å². The summed E-state index contributed by atoms with van der Waals surface area (Å²) in [5, 5.41) is 12.1. The molecule has 0 N–H and O–H groups in total. The maximum atomic E-state index is 13.8. The Hall–Kier alpha value is -3.19. The molecule has 0 amide bonds. The van der Waals surface area contributed by atoms with Crippen LogP contribution in [0.3, 0.4) is 0 Å². The Morgan fingerprint density at radius 3 is 2.50 bits per heavy atom. The first kappa shape index (κ1) is 16.3. The highest BCUT2D eigenvalue weighted by Crippen LogP contribution is 2.33. The molecule has 0 spiro atoms. The molecular weight excluding hydrogens is 355 g/mol. The fourth-order valence-electron chi connectivity index (χ4n) is 2.92. The number of fused-ring (bicyclic) bond motifs is 1. The van der Waals surface area contributed by atoms with Crippen LogP contribution in [-0.2, 0) is 10.0 Å². The van der Waals surface area contributed by atoms with Crippen molar-refractivity contribution in [3.05, 3.63) is 90.3 Å². The third-order valence-corrected chi connectivity index (χ3v) is 5.81. The molecule has 7 heteroatoms. The second-order valence-corrected chi connectivity index (χ2v) is 7.59. The van der Waals surface area contributed by atoms with Gasteiger partial charge in [-0.2, -0.15) is 4.73 Å². The molecule has 2 heterocycles. The zero-order chi connectivity index (χ0) is 18.3. The van der Waals surface area contributed by atoms with Crippen LogP contribution in [0, 0.1) is 11.0 Å². The van der Waals surface area contributed by atoms with Gasteiger partial charge in [0.25, 0.3) is 10.0 Å². The molecule has 0 atom stereocenters. The quantitative estimate of drug-likeness (QED) is 0.412. The van der Waals surface area contributed by atoms with Crippen LogP contribution in [0.25, 0.3) is 22.0 Å². The van der Waals surface area contributed by atoms with E-state index in [0.29, 0.717) is 21.2 Å². The van der Waals surface area contributed by atoms with Gasteiger partial charge in [0.1, 0.15) is 5.82 Å². The Bertz CT molecular complexity index is 1220. The van der Waals surface area contributed by atoms with Gasteiger partial charge in [0.2, 0.25) is 0 Å². The SMILES string of the molecule is O=S(=O)(c1ccccc1)n1cc(-c2ccc[n+]([O-])c2)c2ccc(F)cc21. The maximum Gasteiger partial charge on any atom is 0.268 e. The van der Waals surface area contributed by atoms with E-state index in [4.69, 9.17) is 0 Å². The minimum Gasteiger partial charge on any atom is -0.619 e. The van der Waals surface area contributed by atoms with E-state index < -0.39 is 15.8 Å². The predicted octanol–water partition coefficient (Wildman–Crippen LogP) is 3.32. The summed E-state index contributed by atoms with van der Waals surface area (Å²) >= 11 is 0. The van der Waals surface area contributed by atoms with E-state index in [-0.39, 0.29) is 10.4 Å². The number of halogens is 1. The Morgan fingerprint density at radius 2 is 1.77 bits per heavy atom. The van der Waals surface area contributed by atoms with E-state index in [1.54, 1.807) is 30.3 Å². The second-order valence-electron chi connectivity index (χ2n) is 5.77. The van der Waals surface area contributed by atoms with Crippen molar-refractivity contribution in [1.29, 1.82) is 0 Å². The minimum absolute atomic E-state index is 0.0969. The largest absolute Gasteiger partial charge is 0.619 e. The Morgan fingerprint density at radius 1 is 1.00 bits per heavy atom. The first-order chi connectivity index (χ1) is 12.5. The van der Waals surface area contributed by atoms with Crippen LogP contribution in [-0.4, -0.2) is 12.4 Å². The third-order valence-electron chi connectivity index (χ3n) is 4.12. The lowest BCUT2D eigenvalue weighted by Crippen LogP contribution is -2.23. The number of hydrogen-bond donors (Lipinski definition) is 0. The lowest BCUT2D eigenvalue weighted by Gasteiger charge is -2.07. The lowest BCUT2D eigenvalue weighted by molar-refractivity contribution is -0.604. The van der Waals surface area contributed by atoms with Gasteiger partial charge in [0.05, 0.1) is 10.4 Å². The summed E-state index contributed by atoms with van der Waals surface area (Å²) < 4.78 is 41.6. The van der Waals surface area contributed by atoms with Gasteiger partial charge in [-0.1, -0.05) is 18.2 Å². The van der Waals surface area contributed by atoms with Crippen LogP contribution in [0.2, 0.25) is 0 Å². The standard InChI is InChI=1S/C19H13FN2O3S/c20-15-8-9-17-18(14-5-4-10-21(23)12-14)13-22(19(17)11-15)26(24,25)16-6-2-1-3-7-16/h1-13H. The molecule has 0 fully saturated rings. The van der Waals surface area contributed by atoms with E-state index >= 15 is 0 Å². The summed E-state index contributed by atoms with van der Waals surface area (Å²) in [7, 11) is -3.91. The van der Waals surface area contributed by atoms with Gasteiger partial charge in [-0.3, -0.25) is 0 Å². The average molecular weight is 368 g/mol. The molecule has 4 aromatic rings. The van der Waals surface area contributed by atoms with Crippen molar-refractivity contribution in [3.8, 4) is 11.1 Å². The summed E-state index contributed by atoms with van der Waals surface area (Å²) in [5.41, 5.74) is 1.29. The van der Waals surface area contributed by atoms with Gasteiger partial charge < -0.3 is 5.21 Å². The number of hydrogen-bond acceptors (Lipinski definition) is 3. The first-order valence-electron chi connectivity index (χ1n) is 7.77. The highest BCUT2D eigenvalue weighted by Gasteiger charge is 2.22. The summed E-state index contributed by atoms with van der Waals surface area (Å²) in [4.78, 5) is 0.0969. The minimum atomic E-state index is -3.91. The first-order valence-corrected chi connectivity index (χ1v) is 9.21. The second kappa shape index (κ2) is 5.96. The van der Waals surface area contributed by atoms with Crippen molar-refractivity contribution in [2.45, 2.75) is 4.90 Å². The zero-order valence-corrected chi connectivity index (χ0v) is 14.2. The maximum absolute atomic E-state index is 13.8. The molecule has 0 saturated carbocycles. The highest BCUT2D eigenvalue weighted by molar-refractivity contribution is 7.90. The van der Waals surface area contributed by atoms with Gasteiger partial charge >= 0.3 is 0 Å². The molecule has 5 nitrogen and oxygen atoms in total. The lowest BCUT2D eigenvalue weighted by atomic mass is 10.1. The molecule has 0 unspecified atom stereocenters. The summed E-state index contributed by atoms with van der Waals surface area (Å²) in [5.74, 6) is -0.543. The average Bonchev–Trinajstić information content (AvgIpc) is 3.02. The van der Waals surface area contributed by atoms with Crippen LogP contribution >= 0.6 is 0 Å². The van der Waals surface area contributed by atoms with Crippen LogP contribution in [0.5, 0.6) is 0 Å². The molecule has 26 heavy (non-hydrogen) atoms. The van der Waals surface area contributed by atoms with E-state index in [9.17, 15) is 18.0 Å². The Kier molecular flexibility index (Phi) is 3.73. The predicted molar refractivity (Wildman–Crippen MR) is 95.3 cm³/mol. The number of nitrogens with zero attached hydrogens (tertiary/aromatic N) is 2. The number of rotatable bonds is 3. The molecule has 0 aliphatic carbocycles. The fourth-order valence-corrected chi connectivity index (χ4v) is 4.30. The van der Waals surface area contributed by atoms with E-state index in [1.165, 1.54) is 48.9 Å². The van der Waals surface area contributed by atoms with Crippen molar-refractivity contribution in [1.82, 2.24) is 3.97 Å². The van der Waals surface area contributed by atoms with Crippen LogP contribution in [0.4, 0.5) is 4.39 Å². The van der Waals surface area contributed by atoms with E-state index in [0.717, 1.165) is 3.97 Å². The van der Waals surface area contributed by atoms with Crippen molar-refractivity contribution in [2.75, 3.05) is 0 Å². The topological polar surface area (TPSA) is 66.0 Å². The summed E-state index contributed by atoms with van der Waals surface area (Å²) in [6.07, 6.45) is 4.10. The Balaban J connectivity index is 2.04. The molecule has 0 bridgehead atoms. The Labute approximate surface area is 149 Å². The molecule has 0 saturated heterocycles. The molecule has 130 valence electrons. The number of aromatic nitrogens is 2. The zero-order valence-electron chi connectivity index (χ0n) is 13.4. The monoisotopic (exact) mass is 368 g/mol. The smallest absolute Gasteiger partial charge is 0.268 e. The van der Waals surface area contributed by atoms with Crippen LogP contribution in [0.1, 0.15) is 0 Å². The molecule has 0 aliphatic heterocycles. The van der Waals surface area contributed by atoms with Gasteiger partial charge in [0.15, 0.2) is 12.4 Å². The molecule has 0 radical (unpaired) electrons. The van der Waals surface area contributed by atoms with E-state index in [2.05, 4.69) is 0 Å². The highest BCUT2D eigenvalue weighted by atomic mass is 32.2. The molecule has 2 aromatic carbocycles. The molecule has 2 aromatic heterocycles. The van der Waals surface area contributed by atoms with Crippen LogP contribution < -0.4 is 4.73 Å². The van der Waals surface area contributed by atoms with Crippen molar-refractivity contribution in [3.63, 3.8) is 0 Å². The van der Waals surface area contributed by atoms with Gasteiger partial charge in [-0.05, 0) is 36.4 Å². The third kappa shape index (κ3) is 2.62. The summed E-state index contributed by atoms with van der Waals surface area (Å²) in [6, 6.07) is 15.1. The molecular formula is C19H13FN2O3S. The van der Waals surface area contributed by atoms with Gasteiger partial charge in [-0.25, -0.2) is 16.8 Å². The normalized spacial score (nSPS) is 11.7. The van der Waals surface area contributed by atoms with Gasteiger partial charge in [0, 0.05) is 28.8 Å². The number of benzene rings is 2. The van der Waals surface area contributed by atoms with Crippen molar-refractivity contribution < 1.29 is 17.5 Å². The summed E-state index contributed by atoms with van der Waals surface area (Å²) in [6.45, 7) is 0. The van der Waals surface area contributed by atoms with Gasteiger partial charge in [-0.15, -0.1) is 0 Å². The van der Waals surface area contributed by atoms with Crippen molar-refractivity contribution in [2.24, 2.45) is 0 Å².